The molecule has 0 bridgehead atoms. The molecule has 8 heteroatoms. The summed E-state index contributed by atoms with van der Waals surface area (Å²) >= 11 is 1.60. The summed E-state index contributed by atoms with van der Waals surface area (Å²) in [7, 11) is 1.70. The molecule has 1 saturated heterocycles. The number of alkyl halides is 3. The zero-order chi connectivity index (χ0) is 19.4. The zero-order valence-electron chi connectivity index (χ0n) is 15.4. The van der Waals surface area contributed by atoms with Crippen LogP contribution in [0, 0.1) is 5.92 Å². The second-order valence-corrected chi connectivity index (χ2v) is 8.34. The minimum atomic E-state index is -4.82. The number of rotatable bonds is 3. The number of methoxy groups -OCH3 is 1. The summed E-state index contributed by atoms with van der Waals surface area (Å²) < 4.78 is 45.6. The van der Waals surface area contributed by atoms with E-state index in [1.54, 1.807) is 18.9 Å². The molecular weight excluding hydrogens is 377 g/mol. The maximum atomic E-state index is 13.2. The second-order valence-electron chi connectivity index (χ2n) is 7.42. The smallest absolute Gasteiger partial charge is 0.373 e. The van der Waals surface area contributed by atoms with Gasteiger partial charge in [0.25, 0.3) is 0 Å². The molecule has 0 amide bonds. The van der Waals surface area contributed by atoms with Crippen molar-refractivity contribution < 1.29 is 22.7 Å². The molecule has 4 aliphatic rings. The molecule has 1 fully saturated rings. The highest BCUT2D eigenvalue weighted by Gasteiger charge is 2.54. The normalized spacial score (nSPS) is 33.1. The molecule has 3 atom stereocenters. The standard InChI is InChI=1S/C19H23F3N2O2S/c1-3-18(26-2)6-5-11-12-9-23-10-13(16(25)19(20,21)22)14(12)24-7-4-8-27-17(18)15(11)24/h4,8,13-14,23H,3,5-7,9-10H2,1-2H3. The molecular formula is C19H23F3N2O2S. The first-order chi connectivity index (χ1) is 12.8. The minimum Gasteiger partial charge on any atom is -0.373 e. The van der Waals surface area contributed by atoms with E-state index in [4.69, 9.17) is 4.74 Å². The molecule has 0 aromatic rings. The molecule has 148 valence electrons. The van der Waals surface area contributed by atoms with Crippen LogP contribution >= 0.6 is 11.8 Å². The maximum absolute atomic E-state index is 13.2. The SMILES string of the molecule is CCC1(OC)CCC2=C3CNCC(C(=O)C(F)(F)F)C3N3CC=CSC1=C23. The van der Waals surface area contributed by atoms with Gasteiger partial charge in [-0.25, -0.2) is 0 Å². The number of nitrogens with zero attached hydrogens (tertiary/aromatic N) is 1. The van der Waals surface area contributed by atoms with Crippen LogP contribution in [0.25, 0.3) is 0 Å². The molecule has 0 spiro atoms. The number of ether oxygens (including phenoxy) is 1. The molecule has 0 saturated carbocycles. The van der Waals surface area contributed by atoms with E-state index in [0.29, 0.717) is 13.1 Å². The van der Waals surface area contributed by atoms with Gasteiger partial charge in [0, 0.05) is 31.6 Å². The van der Waals surface area contributed by atoms with E-state index in [0.717, 1.165) is 41.0 Å². The summed E-state index contributed by atoms with van der Waals surface area (Å²) in [5.41, 5.74) is 2.65. The van der Waals surface area contributed by atoms with E-state index in [2.05, 4.69) is 12.2 Å². The van der Waals surface area contributed by atoms with Crippen molar-refractivity contribution in [1.82, 2.24) is 10.2 Å². The number of Topliss-reactive ketones (excluding diaryl/α,β-unsaturated/α-hetero) is 1. The molecule has 4 rings (SSSR count). The van der Waals surface area contributed by atoms with Crippen LogP contribution in [-0.2, 0) is 9.53 Å². The van der Waals surface area contributed by atoms with E-state index in [1.165, 1.54) is 0 Å². The van der Waals surface area contributed by atoms with Crippen molar-refractivity contribution in [2.75, 3.05) is 26.7 Å². The molecule has 1 aliphatic carbocycles. The van der Waals surface area contributed by atoms with Crippen LogP contribution < -0.4 is 5.32 Å². The lowest BCUT2D eigenvalue weighted by Gasteiger charge is -2.41. The van der Waals surface area contributed by atoms with Gasteiger partial charge in [-0.1, -0.05) is 24.8 Å². The van der Waals surface area contributed by atoms with Gasteiger partial charge in [-0.3, -0.25) is 4.79 Å². The third-order valence-electron chi connectivity index (χ3n) is 6.28. The predicted molar refractivity (Wildman–Crippen MR) is 98.0 cm³/mol. The molecule has 4 nitrogen and oxygen atoms in total. The van der Waals surface area contributed by atoms with E-state index in [9.17, 15) is 18.0 Å². The highest BCUT2D eigenvalue weighted by molar-refractivity contribution is 8.06. The number of hydrogen-bond acceptors (Lipinski definition) is 5. The first kappa shape index (κ1) is 19.1. The van der Waals surface area contributed by atoms with Crippen LogP contribution in [0.3, 0.4) is 0 Å². The Morgan fingerprint density at radius 3 is 2.93 bits per heavy atom. The average molecular weight is 400 g/mol. The number of carbonyl (C=O) groups excluding carboxylic acids is 1. The van der Waals surface area contributed by atoms with Crippen LogP contribution in [0.2, 0.25) is 0 Å². The fraction of sp³-hybridized carbons (Fsp3) is 0.632. The first-order valence-corrected chi connectivity index (χ1v) is 10.1. The number of allylic oxidation sites excluding steroid dienone is 1. The number of piperidine rings is 1. The Bertz CT molecular complexity index is 753. The molecule has 1 N–H and O–H groups in total. The quantitative estimate of drug-likeness (QED) is 0.787. The van der Waals surface area contributed by atoms with Gasteiger partial charge in [0.1, 0.15) is 5.60 Å². The Labute approximate surface area is 160 Å². The molecule has 0 aromatic heterocycles. The van der Waals surface area contributed by atoms with Gasteiger partial charge in [0.2, 0.25) is 5.78 Å². The van der Waals surface area contributed by atoms with Crippen molar-refractivity contribution in [3.63, 3.8) is 0 Å². The lowest BCUT2D eigenvalue weighted by atomic mass is 9.81. The number of nitrogens with one attached hydrogen (secondary N) is 1. The fourth-order valence-corrected chi connectivity index (χ4v) is 6.16. The summed E-state index contributed by atoms with van der Waals surface area (Å²) in [4.78, 5) is 15.3. The monoisotopic (exact) mass is 400 g/mol. The van der Waals surface area contributed by atoms with Crippen LogP contribution in [0.5, 0.6) is 0 Å². The molecule has 3 aliphatic heterocycles. The largest absolute Gasteiger partial charge is 0.450 e. The number of thioether (sulfide) groups is 1. The summed E-state index contributed by atoms with van der Waals surface area (Å²) in [5, 5.41) is 5.05. The van der Waals surface area contributed by atoms with Crippen molar-refractivity contribution in [2.45, 2.75) is 44.0 Å². The van der Waals surface area contributed by atoms with Crippen molar-refractivity contribution in [3.8, 4) is 0 Å². The predicted octanol–water partition coefficient (Wildman–Crippen LogP) is 3.38. The van der Waals surface area contributed by atoms with Crippen molar-refractivity contribution in [3.05, 3.63) is 33.2 Å². The second kappa shape index (κ2) is 6.67. The number of halogens is 3. The van der Waals surface area contributed by atoms with Gasteiger partial charge < -0.3 is 15.0 Å². The van der Waals surface area contributed by atoms with Crippen molar-refractivity contribution in [1.29, 1.82) is 0 Å². The van der Waals surface area contributed by atoms with Gasteiger partial charge in [-0.2, -0.15) is 13.2 Å². The van der Waals surface area contributed by atoms with E-state index < -0.39 is 29.5 Å². The topological polar surface area (TPSA) is 41.6 Å². The number of fused-ring (bicyclic) bond motifs is 2. The van der Waals surface area contributed by atoms with Gasteiger partial charge >= 0.3 is 6.18 Å². The molecule has 27 heavy (non-hydrogen) atoms. The van der Waals surface area contributed by atoms with Gasteiger partial charge in [0.15, 0.2) is 0 Å². The van der Waals surface area contributed by atoms with Crippen LogP contribution in [-0.4, -0.2) is 55.2 Å². The Balaban J connectivity index is 1.85. The van der Waals surface area contributed by atoms with Crippen LogP contribution in [0.4, 0.5) is 13.2 Å². The highest BCUT2D eigenvalue weighted by atomic mass is 32.2. The Morgan fingerprint density at radius 1 is 1.48 bits per heavy atom. The fourth-order valence-electron chi connectivity index (χ4n) is 4.94. The van der Waals surface area contributed by atoms with Crippen molar-refractivity contribution >= 4 is 17.5 Å². The summed E-state index contributed by atoms with van der Waals surface area (Å²) in [6, 6.07) is -0.520. The van der Waals surface area contributed by atoms with Gasteiger partial charge in [0.05, 0.1) is 17.7 Å². The van der Waals surface area contributed by atoms with E-state index in [1.807, 2.05) is 16.4 Å². The van der Waals surface area contributed by atoms with E-state index >= 15 is 0 Å². The summed E-state index contributed by atoms with van der Waals surface area (Å²) in [6.07, 6.45) is -0.486. The average Bonchev–Trinajstić information content (AvgIpc) is 2.81. The third-order valence-corrected chi connectivity index (χ3v) is 7.41. The maximum Gasteiger partial charge on any atom is 0.450 e. The number of carbonyl (C=O) groups is 1. The van der Waals surface area contributed by atoms with Crippen molar-refractivity contribution in [2.24, 2.45) is 5.92 Å². The lowest BCUT2D eigenvalue weighted by Crippen LogP contribution is -2.53. The highest BCUT2D eigenvalue weighted by Crippen LogP contribution is 2.54. The number of hydrogen-bond donors (Lipinski definition) is 1. The molecule has 0 aromatic carbocycles. The molecule has 3 heterocycles. The van der Waals surface area contributed by atoms with Gasteiger partial charge in [-0.05, 0) is 35.8 Å². The Hall–Kier alpha value is -1.25. The Kier molecular flexibility index (Phi) is 4.71. The molecule has 0 radical (unpaired) electrons. The third kappa shape index (κ3) is 2.79. The summed E-state index contributed by atoms with van der Waals surface area (Å²) in [6.45, 7) is 3.18. The number of ketones is 1. The molecule has 3 unspecified atom stereocenters. The minimum absolute atomic E-state index is 0.0545. The van der Waals surface area contributed by atoms with Crippen LogP contribution in [0.1, 0.15) is 26.2 Å². The Morgan fingerprint density at radius 2 is 2.26 bits per heavy atom. The van der Waals surface area contributed by atoms with Crippen LogP contribution in [0.15, 0.2) is 33.2 Å². The summed E-state index contributed by atoms with van der Waals surface area (Å²) in [5.74, 6) is -2.75. The zero-order valence-corrected chi connectivity index (χ0v) is 16.2. The first-order valence-electron chi connectivity index (χ1n) is 9.26. The van der Waals surface area contributed by atoms with Gasteiger partial charge in [-0.15, -0.1) is 0 Å². The lowest BCUT2D eigenvalue weighted by molar-refractivity contribution is -0.177. The van der Waals surface area contributed by atoms with E-state index in [-0.39, 0.29) is 6.54 Å².